The van der Waals surface area contributed by atoms with Gasteiger partial charge in [-0.2, -0.15) is 4.98 Å². The predicted octanol–water partition coefficient (Wildman–Crippen LogP) is 3.86. The Labute approximate surface area is 193 Å². The van der Waals surface area contributed by atoms with Gasteiger partial charge >= 0.3 is 0 Å². The average Bonchev–Trinajstić information content (AvgIpc) is 3.50. The van der Waals surface area contributed by atoms with Crippen molar-refractivity contribution in [3.8, 4) is 23.0 Å². The molecule has 2 aromatic carbocycles. The minimum Gasteiger partial charge on any atom is -0.339 e. The molecular weight excluding hydrogens is 414 g/mol. The number of amides is 1. The lowest BCUT2D eigenvalue weighted by Crippen LogP contribution is -2.49. The van der Waals surface area contributed by atoms with Crippen LogP contribution in [-0.2, 0) is 17.9 Å². The Balaban J connectivity index is 1.21. The van der Waals surface area contributed by atoms with Gasteiger partial charge in [-0.1, -0.05) is 65.3 Å². The van der Waals surface area contributed by atoms with Crippen molar-refractivity contribution in [3.63, 3.8) is 0 Å². The lowest BCUT2D eigenvalue weighted by Gasteiger charge is -2.35. The van der Waals surface area contributed by atoms with E-state index in [0.717, 1.165) is 44.0 Å². The summed E-state index contributed by atoms with van der Waals surface area (Å²) < 4.78 is 7.40. The van der Waals surface area contributed by atoms with Crippen LogP contribution < -0.4 is 0 Å². The van der Waals surface area contributed by atoms with E-state index in [9.17, 15) is 4.79 Å². The zero-order chi connectivity index (χ0) is 22.6. The summed E-state index contributed by atoms with van der Waals surface area (Å²) in [6.07, 6.45) is 1.88. The van der Waals surface area contributed by atoms with E-state index in [1.807, 2.05) is 65.1 Å². The number of benzene rings is 2. The van der Waals surface area contributed by atoms with Crippen LogP contribution in [0, 0.1) is 6.92 Å². The van der Waals surface area contributed by atoms with E-state index in [-0.39, 0.29) is 12.5 Å². The van der Waals surface area contributed by atoms with Crippen molar-refractivity contribution in [2.45, 2.75) is 20.0 Å². The van der Waals surface area contributed by atoms with Gasteiger partial charge in [-0.25, -0.2) is 0 Å². The van der Waals surface area contributed by atoms with Gasteiger partial charge in [-0.15, -0.1) is 0 Å². The Bertz CT molecular complexity index is 1200. The number of carbonyl (C=O) groups excluding carboxylic acids is 1. The first-order valence-corrected chi connectivity index (χ1v) is 11.3. The largest absolute Gasteiger partial charge is 0.339 e. The Morgan fingerprint density at radius 1 is 0.939 bits per heavy atom. The lowest BCUT2D eigenvalue weighted by molar-refractivity contribution is -0.133. The molecule has 0 unspecified atom stereocenters. The summed E-state index contributed by atoms with van der Waals surface area (Å²) in [5, 5.41) is 4.12. The molecule has 7 nitrogen and oxygen atoms in total. The maximum atomic E-state index is 13.0. The highest BCUT2D eigenvalue weighted by Crippen LogP contribution is 2.23. The van der Waals surface area contributed by atoms with E-state index in [0.29, 0.717) is 11.7 Å². The predicted molar refractivity (Wildman–Crippen MR) is 126 cm³/mol. The molecule has 0 radical (unpaired) electrons. The number of hydrogen-bond acceptors (Lipinski definition) is 5. The minimum absolute atomic E-state index is 0.102. The highest BCUT2D eigenvalue weighted by molar-refractivity contribution is 5.77. The summed E-state index contributed by atoms with van der Waals surface area (Å²) in [4.78, 5) is 21.9. The van der Waals surface area contributed by atoms with Crippen molar-refractivity contribution in [3.05, 3.63) is 84.1 Å². The van der Waals surface area contributed by atoms with Gasteiger partial charge < -0.3 is 14.0 Å². The van der Waals surface area contributed by atoms with Gasteiger partial charge in [0, 0.05) is 44.5 Å². The summed E-state index contributed by atoms with van der Waals surface area (Å²) >= 11 is 0. The highest BCUT2D eigenvalue weighted by Gasteiger charge is 2.23. The standard InChI is InChI=1S/C26H27N5O2/c1-20-9-11-22(12-10-20)25-27-26(33-28-25)23-8-5-13-31(23)19-24(32)30-16-14-29(15-17-30)18-21-6-3-2-4-7-21/h2-13H,14-19H2,1H3. The van der Waals surface area contributed by atoms with Crippen molar-refractivity contribution >= 4 is 5.91 Å². The topological polar surface area (TPSA) is 67.4 Å². The molecule has 5 rings (SSSR count). The first-order chi connectivity index (χ1) is 16.2. The van der Waals surface area contributed by atoms with E-state index in [1.54, 1.807) is 0 Å². The number of piperazine rings is 1. The van der Waals surface area contributed by atoms with Gasteiger partial charge in [0.05, 0.1) is 0 Å². The molecule has 3 heterocycles. The van der Waals surface area contributed by atoms with Gasteiger partial charge in [-0.3, -0.25) is 9.69 Å². The molecule has 0 spiro atoms. The lowest BCUT2D eigenvalue weighted by atomic mass is 10.1. The molecule has 0 N–H and O–H groups in total. The maximum absolute atomic E-state index is 13.0. The van der Waals surface area contributed by atoms with Crippen molar-refractivity contribution in [1.29, 1.82) is 0 Å². The van der Waals surface area contributed by atoms with E-state index in [2.05, 4.69) is 39.3 Å². The fourth-order valence-electron chi connectivity index (χ4n) is 4.14. The van der Waals surface area contributed by atoms with Crippen LogP contribution in [0.5, 0.6) is 0 Å². The van der Waals surface area contributed by atoms with Crippen molar-refractivity contribution in [1.82, 2.24) is 24.5 Å². The number of nitrogens with zero attached hydrogens (tertiary/aromatic N) is 5. The van der Waals surface area contributed by atoms with E-state index in [4.69, 9.17) is 4.52 Å². The normalized spacial score (nSPS) is 14.5. The van der Waals surface area contributed by atoms with Gasteiger partial charge in [0.1, 0.15) is 12.2 Å². The van der Waals surface area contributed by atoms with Gasteiger partial charge in [0.2, 0.25) is 11.7 Å². The molecule has 2 aromatic heterocycles. The first-order valence-electron chi connectivity index (χ1n) is 11.3. The number of hydrogen-bond donors (Lipinski definition) is 0. The summed E-state index contributed by atoms with van der Waals surface area (Å²) in [6.45, 7) is 6.44. The Kier molecular flexibility index (Phi) is 6.04. The second-order valence-electron chi connectivity index (χ2n) is 8.45. The van der Waals surface area contributed by atoms with Crippen LogP contribution in [0.2, 0.25) is 0 Å². The molecule has 1 aliphatic heterocycles. The number of aromatic nitrogens is 3. The first kappa shape index (κ1) is 21.2. The molecule has 33 heavy (non-hydrogen) atoms. The summed E-state index contributed by atoms with van der Waals surface area (Å²) in [6, 6.07) is 22.3. The molecule has 1 amide bonds. The number of carbonyl (C=O) groups is 1. The Morgan fingerprint density at radius 2 is 1.70 bits per heavy atom. The second-order valence-corrected chi connectivity index (χ2v) is 8.45. The fourth-order valence-corrected chi connectivity index (χ4v) is 4.14. The van der Waals surface area contributed by atoms with E-state index >= 15 is 0 Å². The van der Waals surface area contributed by atoms with Crippen LogP contribution >= 0.6 is 0 Å². The zero-order valence-corrected chi connectivity index (χ0v) is 18.7. The van der Waals surface area contributed by atoms with Crippen LogP contribution in [0.25, 0.3) is 23.0 Å². The molecule has 0 saturated carbocycles. The number of rotatable bonds is 6. The molecule has 1 fully saturated rings. The van der Waals surface area contributed by atoms with Crippen LogP contribution in [0.3, 0.4) is 0 Å². The molecule has 4 aromatic rings. The molecule has 0 aliphatic carbocycles. The molecular formula is C26H27N5O2. The van der Waals surface area contributed by atoms with Gasteiger partial charge in [-0.05, 0) is 24.6 Å². The summed E-state index contributed by atoms with van der Waals surface area (Å²) in [5.74, 6) is 1.06. The maximum Gasteiger partial charge on any atom is 0.274 e. The Morgan fingerprint density at radius 3 is 2.45 bits per heavy atom. The van der Waals surface area contributed by atoms with E-state index in [1.165, 1.54) is 11.1 Å². The van der Waals surface area contributed by atoms with E-state index < -0.39 is 0 Å². The third kappa shape index (κ3) is 4.88. The Hall–Kier alpha value is -3.71. The fraction of sp³-hybridized carbons (Fsp3) is 0.269. The molecule has 1 aliphatic rings. The van der Waals surface area contributed by atoms with Crippen LogP contribution in [0.1, 0.15) is 11.1 Å². The zero-order valence-electron chi connectivity index (χ0n) is 18.7. The van der Waals surface area contributed by atoms with Gasteiger partial charge in [0.25, 0.3) is 5.89 Å². The smallest absolute Gasteiger partial charge is 0.274 e. The average molecular weight is 442 g/mol. The highest BCUT2D eigenvalue weighted by atomic mass is 16.5. The monoisotopic (exact) mass is 441 g/mol. The molecule has 1 saturated heterocycles. The quantitative estimate of drug-likeness (QED) is 0.455. The molecule has 0 bridgehead atoms. The third-order valence-electron chi connectivity index (χ3n) is 6.06. The number of aryl methyl sites for hydroxylation is 1. The summed E-state index contributed by atoms with van der Waals surface area (Å²) in [7, 11) is 0. The summed E-state index contributed by atoms with van der Waals surface area (Å²) in [5.41, 5.74) is 4.13. The van der Waals surface area contributed by atoms with Crippen LogP contribution in [0.15, 0.2) is 77.4 Å². The van der Waals surface area contributed by atoms with Crippen LogP contribution in [0.4, 0.5) is 0 Å². The molecule has 168 valence electrons. The third-order valence-corrected chi connectivity index (χ3v) is 6.06. The van der Waals surface area contributed by atoms with Crippen molar-refractivity contribution in [2.24, 2.45) is 0 Å². The molecule has 0 atom stereocenters. The van der Waals surface area contributed by atoms with Gasteiger partial charge in [0.15, 0.2) is 0 Å². The van der Waals surface area contributed by atoms with Crippen LogP contribution in [-0.4, -0.2) is 56.6 Å². The molecule has 7 heteroatoms. The second kappa shape index (κ2) is 9.42. The van der Waals surface area contributed by atoms with Crippen molar-refractivity contribution < 1.29 is 9.32 Å². The van der Waals surface area contributed by atoms with Crippen molar-refractivity contribution in [2.75, 3.05) is 26.2 Å². The SMILES string of the molecule is Cc1ccc(-c2noc(-c3cccn3CC(=O)N3CCN(Cc4ccccc4)CC3)n2)cc1. The minimum atomic E-state index is 0.102.